The van der Waals surface area contributed by atoms with E-state index in [0.717, 1.165) is 36.8 Å². The summed E-state index contributed by atoms with van der Waals surface area (Å²) in [6.45, 7) is 10.9. The Kier molecular flexibility index (Phi) is 5.40. The maximum atomic E-state index is 13.5. The van der Waals surface area contributed by atoms with Crippen molar-refractivity contribution in [2.45, 2.75) is 78.2 Å². The van der Waals surface area contributed by atoms with Gasteiger partial charge in [0.15, 0.2) is 0 Å². The molecule has 0 fully saturated rings. The van der Waals surface area contributed by atoms with Gasteiger partial charge in [0.1, 0.15) is 5.82 Å². The third-order valence-electron chi connectivity index (χ3n) is 4.07. The molecule has 0 bridgehead atoms. The SMILES string of the molecule is CCC(CC)n1nc(C(C)(C)CC(C)(F)F)c(C)c1NC. The summed E-state index contributed by atoms with van der Waals surface area (Å²) in [6.07, 6.45) is 1.73. The molecular weight excluding hydrogens is 272 g/mol. The fourth-order valence-electron chi connectivity index (χ4n) is 3.22. The van der Waals surface area contributed by atoms with Gasteiger partial charge in [-0.25, -0.2) is 13.5 Å². The quantitative estimate of drug-likeness (QED) is 0.775. The zero-order chi connectivity index (χ0) is 16.4. The van der Waals surface area contributed by atoms with Gasteiger partial charge in [-0.1, -0.05) is 27.7 Å². The van der Waals surface area contributed by atoms with E-state index >= 15 is 0 Å². The average Bonchev–Trinajstić information content (AvgIpc) is 2.66. The lowest BCUT2D eigenvalue weighted by molar-refractivity contribution is -0.00646. The van der Waals surface area contributed by atoms with Crippen LogP contribution in [0.15, 0.2) is 0 Å². The van der Waals surface area contributed by atoms with E-state index in [4.69, 9.17) is 5.10 Å². The van der Waals surface area contributed by atoms with Crippen LogP contribution in [0.2, 0.25) is 0 Å². The molecule has 21 heavy (non-hydrogen) atoms. The molecule has 0 radical (unpaired) electrons. The van der Waals surface area contributed by atoms with Crippen molar-refractivity contribution >= 4 is 5.82 Å². The number of rotatable bonds is 7. The van der Waals surface area contributed by atoms with Gasteiger partial charge >= 0.3 is 0 Å². The first-order valence-corrected chi connectivity index (χ1v) is 7.72. The molecule has 0 atom stereocenters. The van der Waals surface area contributed by atoms with Gasteiger partial charge in [-0.2, -0.15) is 5.10 Å². The number of halogens is 2. The van der Waals surface area contributed by atoms with Crippen LogP contribution in [0.1, 0.15) is 71.2 Å². The summed E-state index contributed by atoms with van der Waals surface area (Å²) < 4.78 is 28.9. The highest BCUT2D eigenvalue weighted by Gasteiger charge is 2.37. The molecule has 1 rings (SSSR count). The van der Waals surface area contributed by atoms with E-state index in [1.807, 2.05) is 32.5 Å². The van der Waals surface area contributed by atoms with Gasteiger partial charge in [-0.15, -0.1) is 0 Å². The zero-order valence-corrected chi connectivity index (χ0v) is 14.3. The first kappa shape index (κ1) is 17.9. The Bertz CT molecular complexity index is 469. The van der Waals surface area contributed by atoms with E-state index < -0.39 is 11.3 Å². The highest BCUT2D eigenvalue weighted by atomic mass is 19.3. The Morgan fingerprint density at radius 1 is 1.19 bits per heavy atom. The van der Waals surface area contributed by atoms with Crippen LogP contribution in [0.3, 0.4) is 0 Å². The molecule has 1 N–H and O–H groups in total. The summed E-state index contributed by atoms with van der Waals surface area (Å²) in [7, 11) is 1.86. The maximum absolute atomic E-state index is 13.5. The standard InChI is InChI=1S/C16H29F2N3/c1-8-12(9-2)21-14(19-7)11(3)13(20-21)15(4,5)10-16(6,17)18/h12,19H,8-10H2,1-7H3. The van der Waals surface area contributed by atoms with E-state index in [2.05, 4.69) is 19.2 Å². The molecule has 0 aliphatic rings. The lowest BCUT2D eigenvalue weighted by atomic mass is 9.81. The molecule has 3 nitrogen and oxygen atoms in total. The van der Waals surface area contributed by atoms with Crippen molar-refractivity contribution in [3.8, 4) is 0 Å². The van der Waals surface area contributed by atoms with E-state index in [-0.39, 0.29) is 12.5 Å². The van der Waals surface area contributed by atoms with Crippen LogP contribution in [0.25, 0.3) is 0 Å². The fourth-order valence-corrected chi connectivity index (χ4v) is 3.22. The van der Waals surface area contributed by atoms with Crippen LogP contribution in [0.4, 0.5) is 14.6 Å². The number of hydrogen-bond acceptors (Lipinski definition) is 2. The van der Waals surface area contributed by atoms with Crippen molar-refractivity contribution in [1.82, 2.24) is 9.78 Å². The molecule has 5 heteroatoms. The predicted octanol–water partition coefficient (Wildman–Crippen LogP) is 4.92. The second-order valence-electron chi connectivity index (χ2n) is 6.62. The highest BCUT2D eigenvalue weighted by molar-refractivity contribution is 5.49. The average molecular weight is 301 g/mol. The topological polar surface area (TPSA) is 29.9 Å². The first-order chi connectivity index (χ1) is 9.57. The minimum atomic E-state index is -2.70. The van der Waals surface area contributed by atoms with E-state index in [1.54, 1.807) is 0 Å². The molecule has 0 aromatic carbocycles. The summed E-state index contributed by atoms with van der Waals surface area (Å²) in [5.74, 6) is -1.76. The number of alkyl halides is 2. The van der Waals surface area contributed by atoms with Gasteiger partial charge in [-0.05, 0) is 26.7 Å². The highest BCUT2D eigenvalue weighted by Crippen LogP contribution is 2.38. The number of nitrogens with zero attached hydrogens (tertiary/aromatic N) is 2. The van der Waals surface area contributed by atoms with Gasteiger partial charge < -0.3 is 5.32 Å². The smallest absolute Gasteiger partial charge is 0.246 e. The first-order valence-electron chi connectivity index (χ1n) is 7.72. The van der Waals surface area contributed by atoms with E-state index in [1.165, 1.54) is 0 Å². The van der Waals surface area contributed by atoms with Crippen LogP contribution in [-0.4, -0.2) is 22.8 Å². The van der Waals surface area contributed by atoms with Crippen molar-refractivity contribution in [2.75, 3.05) is 12.4 Å². The van der Waals surface area contributed by atoms with Crippen LogP contribution in [0.5, 0.6) is 0 Å². The Balaban J connectivity index is 3.32. The molecule has 0 saturated heterocycles. The maximum Gasteiger partial charge on any atom is 0.246 e. The molecule has 0 unspecified atom stereocenters. The molecule has 1 heterocycles. The van der Waals surface area contributed by atoms with Crippen LogP contribution >= 0.6 is 0 Å². The van der Waals surface area contributed by atoms with Gasteiger partial charge in [0.25, 0.3) is 0 Å². The molecule has 0 aliphatic heterocycles. The number of nitrogens with one attached hydrogen (secondary N) is 1. The summed E-state index contributed by atoms with van der Waals surface area (Å²) in [6, 6.07) is 0.290. The number of aromatic nitrogens is 2. The van der Waals surface area contributed by atoms with Gasteiger partial charge in [0.05, 0.1) is 11.7 Å². The minimum Gasteiger partial charge on any atom is -0.373 e. The summed E-state index contributed by atoms with van der Waals surface area (Å²) >= 11 is 0. The molecular formula is C16H29F2N3. The van der Waals surface area contributed by atoms with Crippen LogP contribution < -0.4 is 5.32 Å². The Morgan fingerprint density at radius 3 is 2.10 bits per heavy atom. The zero-order valence-electron chi connectivity index (χ0n) is 14.3. The fraction of sp³-hybridized carbons (Fsp3) is 0.812. The lowest BCUT2D eigenvalue weighted by Gasteiger charge is -2.26. The van der Waals surface area contributed by atoms with Crippen molar-refractivity contribution in [3.05, 3.63) is 11.3 Å². The normalized spacial score (nSPS) is 13.0. The van der Waals surface area contributed by atoms with E-state index in [0.29, 0.717) is 0 Å². The largest absolute Gasteiger partial charge is 0.373 e. The summed E-state index contributed by atoms with van der Waals surface area (Å²) in [5.41, 5.74) is 1.07. The third-order valence-corrected chi connectivity index (χ3v) is 4.07. The Labute approximate surface area is 127 Å². The molecule has 122 valence electrons. The van der Waals surface area contributed by atoms with Crippen molar-refractivity contribution in [2.24, 2.45) is 0 Å². The number of anilines is 1. The lowest BCUT2D eigenvalue weighted by Crippen LogP contribution is -2.28. The van der Waals surface area contributed by atoms with Crippen molar-refractivity contribution in [1.29, 1.82) is 0 Å². The van der Waals surface area contributed by atoms with Crippen molar-refractivity contribution < 1.29 is 8.78 Å². The molecule has 0 amide bonds. The predicted molar refractivity (Wildman–Crippen MR) is 84.4 cm³/mol. The van der Waals surface area contributed by atoms with Crippen LogP contribution in [-0.2, 0) is 5.41 Å². The number of hydrogen-bond donors (Lipinski definition) is 1. The van der Waals surface area contributed by atoms with Gasteiger partial charge in [-0.3, -0.25) is 0 Å². The van der Waals surface area contributed by atoms with E-state index in [9.17, 15) is 8.78 Å². The summed E-state index contributed by atoms with van der Waals surface area (Å²) in [4.78, 5) is 0. The second kappa shape index (κ2) is 6.32. The Hall–Kier alpha value is -1.13. The van der Waals surface area contributed by atoms with Gasteiger partial charge in [0.2, 0.25) is 5.92 Å². The van der Waals surface area contributed by atoms with Crippen molar-refractivity contribution in [3.63, 3.8) is 0 Å². The van der Waals surface area contributed by atoms with Crippen LogP contribution in [0, 0.1) is 6.92 Å². The van der Waals surface area contributed by atoms with Gasteiger partial charge in [0, 0.05) is 24.4 Å². The molecule has 0 saturated carbocycles. The monoisotopic (exact) mass is 301 g/mol. The summed E-state index contributed by atoms with van der Waals surface area (Å²) in [5, 5.41) is 7.88. The molecule has 1 aromatic rings. The third kappa shape index (κ3) is 3.95. The molecule has 0 spiro atoms. The molecule has 0 aliphatic carbocycles. The minimum absolute atomic E-state index is 0.204. The second-order valence-corrected chi connectivity index (χ2v) is 6.62. The molecule has 1 aromatic heterocycles. The Morgan fingerprint density at radius 2 is 1.71 bits per heavy atom.